The van der Waals surface area contributed by atoms with E-state index in [0.717, 1.165) is 5.56 Å². The topological polar surface area (TPSA) is 84.2 Å². The predicted octanol–water partition coefficient (Wildman–Crippen LogP) is -0.243. The van der Waals surface area contributed by atoms with Gasteiger partial charge in [0.25, 0.3) is 0 Å². The summed E-state index contributed by atoms with van der Waals surface area (Å²) in [5.41, 5.74) is 0.906. The molecular weight excluding hydrogens is 210 g/mol. The van der Waals surface area contributed by atoms with Gasteiger partial charge in [-0.1, -0.05) is 0 Å². The van der Waals surface area contributed by atoms with Crippen LogP contribution in [0.3, 0.4) is 0 Å². The van der Waals surface area contributed by atoms with Crippen molar-refractivity contribution in [1.82, 2.24) is 15.1 Å². The number of rotatable bonds is 4. The summed E-state index contributed by atoms with van der Waals surface area (Å²) < 4.78 is 1.65. The van der Waals surface area contributed by atoms with Gasteiger partial charge in [-0.2, -0.15) is 5.10 Å². The van der Waals surface area contributed by atoms with E-state index >= 15 is 0 Å². The van der Waals surface area contributed by atoms with Gasteiger partial charge in [-0.05, 0) is 6.42 Å². The quantitative estimate of drug-likeness (QED) is 0.737. The van der Waals surface area contributed by atoms with E-state index in [4.69, 9.17) is 5.11 Å². The Hall–Kier alpha value is -1.85. The molecule has 6 heteroatoms. The van der Waals surface area contributed by atoms with Crippen LogP contribution in [0.5, 0.6) is 0 Å². The van der Waals surface area contributed by atoms with Crippen LogP contribution < -0.4 is 5.32 Å². The van der Waals surface area contributed by atoms with Gasteiger partial charge in [0.2, 0.25) is 5.91 Å². The average molecular weight is 223 g/mol. The van der Waals surface area contributed by atoms with Gasteiger partial charge in [-0.15, -0.1) is 0 Å². The Bertz CT molecular complexity index is 427. The number of aryl methyl sites for hydroxylation is 1. The molecule has 2 rings (SSSR count). The monoisotopic (exact) mass is 223 g/mol. The smallest absolute Gasteiger partial charge is 0.307 e. The van der Waals surface area contributed by atoms with Crippen LogP contribution in [-0.4, -0.2) is 26.8 Å². The molecule has 0 spiro atoms. The molecule has 0 aliphatic heterocycles. The minimum Gasteiger partial charge on any atom is -0.481 e. The number of aromatic nitrogens is 2. The molecule has 2 atom stereocenters. The number of nitrogens with one attached hydrogen (secondary N) is 1. The largest absolute Gasteiger partial charge is 0.481 e. The minimum atomic E-state index is -0.887. The highest BCUT2D eigenvalue weighted by Crippen LogP contribution is 2.38. The van der Waals surface area contributed by atoms with Crippen LogP contribution in [0.1, 0.15) is 12.0 Å². The van der Waals surface area contributed by atoms with Crippen LogP contribution in [0.15, 0.2) is 12.4 Å². The van der Waals surface area contributed by atoms with Crippen molar-refractivity contribution in [2.75, 3.05) is 0 Å². The Morgan fingerprint density at radius 3 is 2.88 bits per heavy atom. The molecule has 1 aromatic heterocycles. The average Bonchev–Trinajstić information content (AvgIpc) is 2.93. The molecule has 1 aromatic rings. The van der Waals surface area contributed by atoms with Gasteiger partial charge in [0.05, 0.1) is 18.0 Å². The van der Waals surface area contributed by atoms with E-state index in [0.29, 0.717) is 13.0 Å². The second-order valence-corrected chi connectivity index (χ2v) is 4.03. The molecule has 16 heavy (non-hydrogen) atoms. The maximum Gasteiger partial charge on any atom is 0.307 e. The molecule has 0 radical (unpaired) electrons. The highest BCUT2D eigenvalue weighted by Gasteiger charge is 2.48. The molecule has 2 N–H and O–H groups in total. The van der Waals surface area contributed by atoms with Crippen molar-refractivity contribution in [2.45, 2.75) is 13.0 Å². The number of carbonyl (C=O) groups is 2. The van der Waals surface area contributed by atoms with Crippen LogP contribution in [0.2, 0.25) is 0 Å². The van der Waals surface area contributed by atoms with E-state index in [1.807, 2.05) is 6.20 Å². The highest BCUT2D eigenvalue weighted by molar-refractivity contribution is 5.89. The SMILES string of the molecule is Cn1cc(CNC(=O)[C@@H]2C[C@@H]2C(=O)O)cn1. The summed E-state index contributed by atoms with van der Waals surface area (Å²) in [4.78, 5) is 22.1. The van der Waals surface area contributed by atoms with E-state index in [1.54, 1.807) is 17.9 Å². The predicted molar refractivity (Wildman–Crippen MR) is 54.3 cm³/mol. The number of carboxylic acid groups (broad SMARTS) is 1. The Morgan fingerprint density at radius 1 is 1.62 bits per heavy atom. The molecule has 1 fully saturated rings. The molecule has 0 aromatic carbocycles. The van der Waals surface area contributed by atoms with Crippen LogP contribution >= 0.6 is 0 Å². The standard InChI is InChI=1S/C10H13N3O3/c1-13-5-6(4-12-13)3-11-9(14)7-2-8(7)10(15)16/h4-5,7-8H,2-3H2,1H3,(H,11,14)(H,15,16)/t7-,8+/m1/s1. The van der Waals surface area contributed by atoms with Gasteiger partial charge in [0.15, 0.2) is 0 Å². The maximum absolute atomic E-state index is 11.5. The number of amides is 1. The van der Waals surface area contributed by atoms with Crippen LogP contribution in [0.25, 0.3) is 0 Å². The summed E-state index contributed by atoms with van der Waals surface area (Å²) in [5, 5.41) is 15.3. The van der Waals surface area contributed by atoms with Crippen molar-refractivity contribution in [3.63, 3.8) is 0 Å². The van der Waals surface area contributed by atoms with Crippen molar-refractivity contribution in [3.05, 3.63) is 18.0 Å². The molecule has 1 heterocycles. The van der Waals surface area contributed by atoms with Crippen molar-refractivity contribution in [2.24, 2.45) is 18.9 Å². The van der Waals surface area contributed by atoms with Crippen LogP contribution in [-0.2, 0) is 23.2 Å². The molecular formula is C10H13N3O3. The Balaban J connectivity index is 1.79. The zero-order valence-electron chi connectivity index (χ0n) is 8.88. The second kappa shape index (κ2) is 3.96. The number of hydrogen-bond donors (Lipinski definition) is 2. The maximum atomic E-state index is 11.5. The molecule has 1 aliphatic carbocycles. The minimum absolute atomic E-state index is 0.184. The summed E-state index contributed by atoms with van der Waals surface area (Å²) in [6.07, 6.45) is 3.93. The Kier molecular flexibility index (Phi) is 2.64. The number of carbonyl (C=O) groups excluding carboxylic acids is 1. The van der Waals surface area contributed by atoms with Gasteiger partial charge in [-0.3, -0.25) is 14.3 Å². The summed E-state index contributed by atoms with van der Waals surface area (Å²) in [7, 11) is 1.80. The summed E-state index contributed by atoms with van der Waals surface area (Å²) >= 11 is 0. The summed E-state index contributed by atoms with van der Waals surface area (Å²) in [5.74, 6) is -1.92. The number of aliphatic carboxylic acids is 1. The van der Waals surface area contributed by atoms with E-state index < -0.39 is 11.9 Å². The van der Waals surface area contributed by atoms with E-state index in [1.165, 1.54) is 0 Å². The molecule has 1 saturated carbocycles. The zero-order chi connectivity index (χ0) is 11.7. The van der Waals surface area contributed by atoms with Crippen LogP contribution in [0, 0.1) is 11.8 Å². The highest BCUT2D eigenvalue weighted by atomic mass is 16.4. The normalized spacial score (nSPS) is 22.8. The lowest BCUT2D eigenvalue weighted by molar-refractivity contribution is -0.140. The Labute approximate surface area is 92.3 Å². The van der Waals surface area contributed by atoms with Crippen LogP contribution in [0.4, 0.5) is 0 Å². The molecule has 1 amide bonds. The molecule has 0 unspecified atom stereocenters. The lowest BCUT2D eigenvalue weighted by Gasteiger charge is -2.01. The van der Waals surface area contributed by atoms with Gasteiger partial charge in [0.1, 0.15) is 0 Å². The van der Waals surface area contributed by atoms with E-state index in [9.17, 15) is 9.59 Å². The lowest BCUT2D eigenvalue weighted by Crippen LogP contribution is -2.25. The second-order valence-electron chi connectivity index (χ2n) is 4.03. The first-order chi connectivity index (χ1) is 7.58. The van der Waals surface area contributed by atoms with Gasteiger partial charge in [-0.25, -0.2) is 0 Å². The number of hydrogen-bond acceptors (Lipinski definition) is 3. The van der Waals surface area contributed by atoms with E-state index in [-0.39, 0.29) is 11.8 Å². The first kappa shape index (κ1) is 10.7. The van der Waals surface area contributed by atoms with Crippen molar-refractivity contribution in [1.29, 1.82) is 0 Å². The first-order valence-electron chi connectivity index (χ1n) is 5.06. The zero-order valence-corrected chi connectivity index (χ0v) is 8.88. The Morgan fingerprint density at radius 2 is 2.38 bits per heavy atom. The fourth-order valence-electron chi connectivity index (χ4n) is 1.64. The number of nitrogens with zero attached hydrogens (tertiary/aromatic N) is 2. The van der Waals surface area contributed by atoms with Crippen molar-refractivity contribution < 1.29 is 14.7 Å². The van der Waals surface area contributed by atoms with Crippen molar-refractivity contribution >= 4 is 11.9 Å². The summed E-state index contributed by atoms with van der Waals surface area (Å²) in [6.45, 7) is 0.398. The van der Waals surface area contributed by atoms with Gasteiger partial charge in [0, 0.05) is 25.4 Å². The fraction of sp³-hybridized carbons (Fsp3) is 0.500. The fourth-order valence-corrected chi connectivity index (χ4v) is 1.64. The summed E-state index contributed by atoms with van der Waals surface area (Å²) in [6, 6.07) is 0. The molecule has 0 saturated heterocycles. The molecule has 0 bridgehead atoms. The lowest BCUT2D eigenvalue weighted by atomic mass is 10.3. The molecule has 6 nitrogen and oxygen atoms in total. The third-order valence-corrected chi connectivity index (χ3v) is 2.67. The number of carboxylic acids is 1. The first-order valence-corrected chi connectivity index (χ1v) is 5.06. The molecule has 86 valence electrons. The van der Waals surface area contributed by atoms with Gasteiger partial charge < -0.3 is 10.4 Å². The molecule has 1 aliphatic rings. The van der Waals surface area contributed by atoms with Crippen molar-refractivity contribution in [3.8, 4) is 0 Å². The van der Waals surface area contributed by atoms with E-state index in [2.05, 4.69) is 10.4 Å². The third kappa shape index (κ3) is 2.21. The van der Waals surface area contributed by atoms with Gasteiger partial charge >= 0.3 is 5.97 Å². The third-order valence-electron chi connectivity index (χ3n) is 2.67.